The highest BCUT2D eigenvalue weighted by molar-refractivity contribution is 6.32. The molecule has 2 saturated heterocycles. The van der Waals surface area contributed by atoms with Crippen LogP contribution in [-0.4, -0.2) is 43.0 Å². The van der Waals surface area contributed by atoms with Crippen molar-refractivity contribution in [1.82, 2.24) is 0 Å². The van der Waals surface area contributed by atoms with E-state index in [0.717, 1.165) is 28.5 Å². The average molecular weight is 673 g/mol. The van der Waals surface area contributed by atoms with Gasteiger partial charge >= 0.3 is 0 Å². The van der Waals surface area contributed by atoms with Crippen LogP contribution in [0.4, 0.5) is 15.8 Å². The molecule has 4 amide bonds. The number of rotatable bonds is 6. The highest BCUT2D eigenvalue weighted by Gasteiger charge is 2.68. The molecule has 3 aromatic carbocycles. The van der Waals surface area contributed by atoms with Gasteiger partial charge in [0.25, 0.3) is 0 Å². The molecule has 48 heavy (non-hydrogen) atoms. The first kappa shape index (κ1) is 31.9. The number of hydrogen-bond donors (Lipinski definition) is 1. The summed E-state index contributed by atoms with van der Waals surface area (Å²) in [5.41, 5.74) is 1.42. The van der Waals surface area contributed by atoms with Crippen molar-refractivity contribution in [2.75, 3.05) is 24.0 Å². The molecular formula is C37H34ClFN2O7. The van der Waals surface area contributed by atoms with E-state index >= 15 is 0 Å². The van der Waals surface area contributed by atoms with Crippen molar-refractivity contribution in [1.29, 1.82) is 0 Å². The van der Waals surface area contributed by atoms with Gasteiger partial charge in [-0.2, -0.15) is 0 Å². The number of hydrogen-bond acceptors (Lipinski definition) is 7. The van der Waals surface area contributed by atoms with Crippen molar-refractivity contribution in [3.63, 3.8) is 0 Å². The molecule has 9 nitrogen and oxygen atoms in total. The molecule has 0 radical (unpaired) electrons. The molecule has 0 aromatic heterocycles. The smallest absolute Gasteiger partial charge is 0.241 e. The molecule has 248 valence electrons. The lowest BCUT2D eigenvalue weighted by atomic mass is 9.51. The Hall–Kier alpha value is -4.70. The van der Waals surface area contributed by atoms with E-state index in [0.29, 0.717) is 11.3 Å². The van der Waals surface area contributed by atoms with Gasteiger partial charge in [0.15, 0.2) is 0 Å². The lowest BCUT2D eigenvalue weighted by Crippen LogP contribution is -2.49. The number of nitrogens with zero attached hydrogens (tertiary/aromatic N) is 2. The molecule has 2 heterocycles. The van der Waals surface area contributed by atoms with Crippen molar-refractivity contribution in [3.05, 3.63) is 88.2 Å². The Balaban J connectivity index is 1.40. The molecule has 6 unspecified atom stereocenters. The zero-order valence-corrected chi connectivity index (χ0v) is 27.6. The third-order valence-corrected chi connectivity index (χ3v) is 11.1. The van der Waals surface area contributed by atoms with Crippen LogP contribution in [0.25, 0.3) is 0 Å². The fraction of sp³-hybridized carbons (Fsp3) is 0.351. The van der Waals surface area contributed by atoms with E-state index in [1.165, 1.54) is 43.4 Å². The van der Waals surface area contributed by atoms with Gasteiger partial charge < -0.3 is 14.6 Å². The number of ether oxygens (including phenoxy) is 2. The lowest BCUT2D eigenvalue weighted by molar-refractivity contribution is -0.131. The molecule has 3 aromatic rings. The summed E-state index contributed by atoms with van der Waals surface area (Å²) in [6, 6.07) is 13.8. The number of halogens is 2. The van der Waals surface area contributed by atoms with Gasteiger partial charge in [0, 0.05) is 23.6 Å². The van der Waals surface area contributed by atoms with Gasteiger partial charge in [-0.25, -0.2) is 9.29 Å². The van der Waals surface area contributed by atoms with Gasteiger partial charge in [0.2, 0.25) is 23.6 Å². The molecule has 11 heteroatoms. The number of amides is 4. The molecule has 6 atom stereocenters. The number of aryl methyl sites for hydroxylation is 1. The summed E-state index contributed by atoms with van der Waals surface area (Å²) in [6.07, 6.45) is 3.11. The predicted octanol–water partition coefficient (Wildman–Crippen LogP) is 6.20. The second kappa shape index (κ2) is 11.5. The van der Waals surface area contributed by atoms with Gasteiger partial charge in [-0.15, -0.1) is 0 Å². The number of allylic oxidation sites excluding steroid dienone is 2. The number of carbonyl (C=O) groups is 4. The number of anilines is 2. The van der Waals surface area contributed by atoms with E-state index in [1.807, 2.05) is 25.1 Å². The van der Waals surface area contributed by atoms with E-state index < -0.39 is 52.6 Å². The second-order valence-corrected chi connectivity index (χ2v) is 13.5. The Bertz CT molecular complexity index is 1900. The minimum Gasteiger partial charge on any atom is -0.508 e. The lowest BCUT2D eigenvalue weighted by Gasteiger charge is -2.49. The molecule has 4 aliphatic rings. The molecule has 1 saturated carbocycles. The standard InChI is InChI=1S/C37H34ClFN2O7/c1-5-18-6-8-19(9-7-18)40-33(43)23-12-11-22-24(30(23)35(40)45)17-25-34(44)41(20-10-13-27(39)26(38)14-20)36(46)37(25,2)32(22)31-28(47-3)15-21(42)16-29(31)48-4/h6-11,13-16,23-25,30,32,42H,5,12,17H2,1-4H3. The van der Waals surface area contributed by atoms with Crippen LogP contribution in [0.1, 0.15) is 43.7 Å². The predicted molar refractivity (Wildman–Crippen MR) is 176 cm³/mol. The van der Waals surface area contributed by atoms with Gasteiger partial charge in [0.05, 0.1) is 53.8 Å². The van der Waals surface area contributed by atoms with Gasteiger partial charge in [-0.05, 0) is 68.0 Å². The van der Waals surface area contributed by atoms with E-state index in [1.54, 1.807) is 19.1 Å². The summed E-state index contributed by atoms with van der Waals surface area (Å²) < 4.78 is 25.7. The van der Waals surface area contributed by atoms with Crippen LogP contribution in [0.15, 0.2) is 66.2 Å². The first-order valence-corrected chi connectivity index (χ1v) is 16.3. The quantitative estimate of drug-likeness (QED) is 0.245. The molecule has 2 aliphatic heterocycles. The van der Waals surface area contributed by atoms with Crippen molar-refractivity contribution in [3.8, 4) is 17.2 Å². The number of phenolic OH excluding ortho intramolecular Hbond substituents is 1. The normalized spacial score (nSPS) is 27.9. The molecule has 1 N–H and O–H groups in total. The number of benzene rings is 3. The number of aromatic hydroxyl groups is 1. The van der Waals surface area contributed by atoms with Gasteiger partial charge in [-0.1, -0.05) is 42.3 Å². The summed E-state index contributed by atoms with van der Waals surface area (Å²) in [7, 11) is 2.86. The van der Waals surface area contributed by atoms with Crippen molar-refractivity contribution in [2.45, 2.75) is 39.0 Å². The Morgan fingerprint density at radius 2 is 1.54 bits per heavy atom. The second-order valence-electron chi connectivity index (χ2n) is 13.1. The summed E-state index contributed by atoms with van der Waals surface area (Å²) in [5, 5.41) is 10.3. The summed E-state index contributed by atoms with van der Waals surface area (Å²) in [4.78, 5) is 59.7. The monoisotopic (exact) mass is 672 g/mol. The zero-order chi connectivity index (χ0) is 34.2. The largest absolute Gasteiger partial charge is 0.508 e. The topological polar surface area (TPSA) is 113 Å². The minimum absolute atomic E-state index is 0.124. The number of carbonyl (C=O) groups excluding carboxylic acids is 4. The molecule has 2 aliphatic carbocycles. The van der Waals surface area contributed by atoms with E-state index in [9.17, 15) is 28.7 Å². The van der Waals surface area contributed by atoms with Crippen molar-refractivity contribution < 1.29 is 38.1 Å². The minimum atomic E-state index is -1.42. The van der Waals surface area contributed by atoms with E-state index in [4.69, 9.17) is 21.1 Å². The fourth-order valence-electron chi connectivity index (χ4n) is 8.54. The zero-order valence-electron chi connectivity index (χ0n) is 26.8. The van der Waals surface area contributed by atoms with Crippen molar-refractivity contribution in [2.24, 2.45) is 29.1 Å². The Kier molecular flexibility index (Phi) is 7.62. The highest BCUT2D eigenvalue weighted by Crippen LogP contribution is 2.65. The third kappa shape index (κ3) is 4.41. The molecule has 0 bridgehead atoms. The number of phenols is 1. The Labute approximate surface area is 281 Å². The highest BCUT2D eigenvalue weighted by atomic mass is 35.5. The third-order valence-electron chi connectivity index (χ3n) is 10.9. The van der Waals surface area contributed by atoms with Crippen LogP contribution < -0.4 is 19.3 Å². The maximum atomic E-state index is 14.7. The maximum Gasteiger partial charge on any atom is 0.241 e. The molecule has 7 rings (SSSR count). The number of methoxy groups -OCH3 is 2. The van der Waals surface area contributed by atoms with Gasteiger partial charge in [0.1, 0.15) is 23.1 Å². The summed E-state index contributed by atoms with van der Waals surface area (Å²) >= 11 is 6.10. The first-order chi connectivity index (χ1) is 23.0. The average Bonchev–Trinajstić information content (AvgIpc) is 3.45. The van der Waals surface area contributed by atoms with E-state index in [-0.39, 0.29) is 52.6 Å². The van der Waals surface area contributed by atoms with Crippen LogP contribution in [0.3, 0.4) is 0 Å². The number of imide groups is 2. The number of fused-ring (bicyclic) bond motifs is 4. The fourth-order valence-corrected chi connectivity index (χ4v) is 8.71. The molecule has 3 fully saturated rings. The van der Waals surface area contributed by atoms with Crippen molar-refractivity contribution >= 4 is 46.6 Å². The summed E-state index contributed by atoms with van der Waals surface area (Å²) in [5.74, 6) is -5.86. The summed E-state index contributed by atoms with van der Waals surface area (Å²) in [6.45, 7) is 3.74. The Morgan fingerprint density at radius 1 is 0.896 bits per heavy atom. The maximum absolute atomic E-state index is 14.7. The first-order valence-electron chi connectivity index (χ1n) is 15.9. The SMILES string of the molecule is CCc1ccc(N2C(=O)C3CC=C4C(CC5C(=O)N(c6ccc(F)c(Cl)c6)C(=O)C5(C)C4c4c(OC)cc(O)cc4OC)C3C2=O)cc1. The van der Waals surface area contributed by atoms with Crippen LogP contribution in [0.5, 0.6) is 17.2 Å². The van der Waals surface area contributed by atoms with E-state index in [2.05, 4.69) is 0 Å². The van der Waals surface area contributed by atoms with Crippen LogP contribution in [0.2, 0.25) is 5.02 Å². The van der Waals surface area contributed by atoms with Crippen LogP contribution in [-0.2, 0) is 25.6 Å². The van der Waals surface area contributed by atoms with Crippen LogP contribution >= 0.6 is 11.6 Å². The molecule has 0 spiro atoms. The Morgan fingerprint density at radius 3 is 2.15 bits per heavy atom. The molecular weight excluding hydrogens is 639 g/mol. The van der Waals surface area contributed by atoms with Crippen LogP contribution in [0, 0.1) is 34.9 Å². The van der Waals surface area contributed by atoms with Gasteiger partial charge in [-0.3, -0.25) is 24.1 Å².